The van der Waals surface area contributed by atoms with Gasteiger partial charge in [0.1, 0.15) is 0 Å². The first-order valence-corrected chi connectivity index (χ1v) is 31.5. The second kappa shape index (κ2) is 34.5. The van der Waals surface area contributed by atoms with Gasteiger partial charge >= 0.3 is 0 Å². The van der Waals surface area contributed by atoms with E-state index >= 15 is 9.59 Å². The van der Waals surface area contributed by atoms with Crippen LogP contribution >= 0.6 is 65.9 Å². The van der Waals surface area contributed by atoms with Crippen LogP contribution in [-0.4, -0.2) is 23.3 Å². The quantitative estimate of drug-likeness (QED) is 0.0419. The van der Waals surface area contributed by atoms with E-state index in [0.717, 1.165) is 55.9 Å². The molecule has 1 aliphatic heterocycles. The number of thiophene rings is 3. The van der Waals surface area contributed by atoms with E-state index in [1.165, 1.54) is 220 Å². The zero-order chi connectivity index (χ0) is 46.5. The Kier molecular flexibility index (Phi) is 30.1. The molecule has 8 heteroatoms. The molecule has 3 nitrogen and oxygen atoms in total. The number of imide groups is 1. The smallest absolute Gasteiger partial charge is 0.263 e. The van der Waals surface area contributed by atoms with Crippen molar-refractivity contribution in [1.29, 1.82) is 0 Å². The van der Waals surface area contributed by atoms with Crippen LogP contribution in [0.1, 0.15) is 284 Å². The molecular weight excluding hydrogens is 987 g/mol. The van der Waals surface area contributed by atoms with E-state index in [2.05, 4.69) is 71.7 Å². The summed E-state index contributed by atoms with van der Waals surface area (Å²) in [5.74, 6) is 0.266. The average Bonchev–Trinajstić information content (AvgIpc) is 4.04. The number of rotatable bonds is 41. The van der Waals surface area contributed by atoms with Crippen LogP contribution in [0.3, 0.4) is 0 Å². The Balaban J connectivity index is 1.56. The predicted octanol–water partition coefficient (Wildman–Crippen LogP) is 21.8. The van der Waals surface area contributed by atoms with Crippen molar-refractivity contribution in [3.63, 3.8) is 0 Å². The number of carbonyl (C=O) groups is 2. The topological polar surface area (TPSA) is 37.4 Å². The summed E-state index contributed by atoms with van der Waals surface area (Å²) in [7, 11) is 0. The summed E-state index contributed by atoms with van der Waals surface area (Å²) in [6.07, 6.45) is 47.3. The highest BCUT2D eigenvalue weighted by molar-refractivity contribution is 9.11. The van der Waals surface area contributed by atoms with Gasteiger partial charge in [-0.15, -0.1) is 34.0 Å². The van der Waals surface area contributed by atoms with Crippen LogP contribution in [0, 0.1) is 5.92 Å². The number of amides is 2. The van der Waals surface area contributed by atoms with Crippen molar-refractivity contribution in [2.45, 2.75) is 265 Å². The number of aryl methyl sites for hydroxylation is 2. The number of hydrogen-bond donors (Lipinski definition) is 0. The maximum Gasteiger partial charge on any atom is 0.263 e. The van der Waals surface area contributed by atoms with Crippen molar-refractivity contribution < 1.29 is 9.59 Å². The zero-order valence-electron chi connectivity index (χ0n) is 41.8. The molecule has 0 N–H and O–H groups in total. The molecule has 0 aliphatic carbocycles. The second-order valence-electron chi connectivity index (χ2n) is 19.7. The van der Waals surface area contributed by atoms with Crippen LogP contribution < -0.4 is 0 Å². The number of fused-ring (bicyclic) bond motifs is 1. The minimum Gasteiger partial charge on any atom is -0.274 e. The first-order valence-electron chi connectivity index (χ1n) is 27.4. The lowest BCUT2D eigenvalue weighted by molar-refractivity contribution is 0.0622. The molecule has 0 aromatic carbocycles. The largest absolute Gasteiger partial charge is 0.274 e. The Hall–Kier alpha value is -0.800. The van der Waals surface area contributed by atoms with Gasteiger partial charge in [-0.25, -0.2) is 0 Å². The van der Waals surface area contributed by atoms with Gasteiger partial charge in [0.15, 0.2) is 0 Å². The van der Waals surface area contributed by atoms with E-state index in [1.807, 2.05) is 0 Å². The van der Waals surface area contributed by atoms with Gasteiger partial charge in [-0.3, -0.25) is 14.5 Å². The Bertz CT molecular complexity index is 1640. The standard InChI is InChI=1S/C57H91Br2NO2S3/c1-5-9-13-17-21-23-25-28-32-36-40-46-42-48(58)63-52(46)54-50-51(55(65-54)53-47(43-49(59)64-53)41-37-33-29-26-24-22-18-14-10-6-2)57(62)60(56(50)61)44-45(38-34-30-20-16-12-8-4)39-35-31-27-19-15-11-7-3/h42-43,45H,5-41,44H2,1-4H3. The third-order valence-corrected chi connectivity index (χ3v) is 18.9. The van der Waals surface area contributed by atoms with E-state index < -0.39 is 0 Å². The molecule has 1 unspecified atom stereocenters. The SMILES string of the molecule is CCCCCCCCCCCCc1cc(Br)sc1-c1sc(-c2sc(Br)cc2CCCCCCCCCCCC)c2c1C(=O)N(CC(CCCCCCCC)CCCCCCCCC)C2=O. The normalized spacial score (nSPS) is 13.2. The molecule has 0 spiro atoms. The highest BCUT2D eigenvalue weighted by atomic mass is 79.9. The number of nitrogens with zero attached hydrogens (tertiary/aromatic N) is 1. The highest BCUT2D eigenvalue weighted by Crippen LogP contribution is 2.52. The van der Waals surface area contributed by atoms with Crippen molar-refractivity contribution in [1.82, 2.24) is 4.90 Å². The Morgan fingerprint density at radius 2 is 0.692 bits per heavy atom. The fourth-order valence-corrected chi connectivity index (χ4v) is 15.1. The van der Waals surface area contributed by atoms with Crippen LogP contribution in [0.5, 0.6) is 0 Å². The molecule has 4 heterocycles. The summed E-state index contributed by atoms with van der Waals surface area (Å²) in [5, 5.41) is 0. The van der Waals surface area contributed by atoms with Crippen LogP contribution in [0.4, 0.5) is 0 Å². The van der Waals surface area contributed by atoms with Crippen molar-refractivity contribution in [3.8, 4) is 19.5 Å². The van der Waals surface area contributed by atoms with Gasteiger partial charge in [-0.05, 0) is 99.6 Å². The number of carbonyl (C=O) groups excluding carboxylic acids is 2. The van der Waals surface area contributed by atoms with Crippen LogP contribution in [0.15, 0.2) is 19.7 Å². The first-order chi connectivity index (χ1) is 31.8. The molecule has 0 bridgehead atoms. The van der Waals surface area contributed by atoms with Crippen molar-refractivity contribution in [2.75, 3.05) is 6.54 Å². The van der Waals surface area contributed by atoms with Gasteiger partial charge in [-0.2, -0.15) is 0 Å². The fraction of sp³-hybridized carbons (Fsp3) is 0.754. The summed E-state index contributed by atoms with van der Waals surface area (Å²) in [6, 6.07) is 4.60. The van der Waals surface area contributed by atoms with Crippen LogP contribution in [0.25, 0.3) is 19.5 Å². The van der Waals surface area contributed by atoms with Crippen LogP contribution in [0.2, 0.25) is 0 Å². The van der Waals surface area contributed by atoms with Crippen molar-refractivity contribution >= 4 is 77.7 Å². The molecule has 0 fully saturated rings. The lowest BCUT2D eigenvalue weighted by atomic mass is 9.93. The molecule has 0 saturated carbocycles. The molecule has 1 aliphatic rings. The van der Waals surface area contributed by atoms with Gasteiger partial charge in [0.2, 0.25) is 0 Å². The zero-order valence-corrected chi connectivity index (χ0v) is 47.5. The Morgan fingerprint density at radius 3 is 1.02 bits per heavy atom. The van der Waals surface area contributed by atoms with Crippen molar-refractivity contribution in [3.05, 3.63) is 42.0 Å². The molecule has 65 heavy (non-hydrogen) atoms. The predicted molar refractivity (Wildman–Crippen MR) is 297 cm³/mol. The lowest BCUT2D eigenvalue weighted by Crippen LogP contribution is -2.35. The maximum absolute atomic E-state index is 15.0. The van der Waals surface area contributed by atoms with E-state index in [1.54, 1.807) is 38.9 Å². The third kappa shape index (κ3) is 20.2. The van der Waals surface area contributed by atoms with Gasteiger partial charge in [0, 0.05) is 16.3 Å². The number of unbranched alkanes of at least 4 members (excludes halogenated alkanes) is 29. The maximum atomic E-state index is 15.0. The van der Waals surface area contributed by atoms with Crippen molar-refractivity contribution in [2.24, 2.45) is 5.92 Å². The monoisotopic (exact) mass is 1080 g/mol. The van der Waals surface area contributed by atoms with Gasteiger partial charge in [-0.1, -0.05) is 227 Å². The van der Waals surface area contributed by atoms with E-state index in [0.29, 0.717) is 23.6 Å². The summed E-state index contributed by atoms with van der Waals surface area (Å²) in [5.41, 5.74) is 4.04. The summed E-state index contributed by atoms with van der Waals surface area (Å²) < 4.78 is 2.22. The van der Waals surface area contributed by atoms with Gasteiger partial charge < -0.3 is 0 Å². The minimum atomic E-state index is -0.0451. The lowest BCUT2D eigenvalue weighted by Gasteiger charge is -2.23. The Morgan fingerprint density at radius 1 is 0.400 bits per heavy atom. The summed E-state index contributed by atoms with van der Waals surface area (Å²) in [4.78, 5) is 36.2. The van der Waals surface area contributed by atoms with E-state index in [9.17, 15) is 0 Å². The molecule has 3 aromatic rings. The molecule has 4 rings (SSSR count). The molecular formula is C57H91Br2NO2S3. The van der Waals surface area contributed by atoms with Crippen LogP contribution in [-0.2, 0) is 12.8 Å². The second-order valence-corrected chi connectivity index (χ2v) is 25.6. The number of hydrogen-bond acceptors (Lipinski definition) is 5. The van der Waals surface area contributed by atoms with Gasteiger partial charge in [0.25, 0.3) is 11.8 Å². The highest BCUT2D eigenvalue weighted by Gasteiger charge is 2.44. The molecule has 0 radical (unpaired) electrons. The first kappa shape index (κ1) is 56.8. The fourth-order valence-electron chi connectivity index (χ4n) is 10.0. The van der Waals surface area contributed by atoms with E-state index in [-0.39, 0.29) is 11.8 Å². The Labute approximate surface area is 428 Å². The number of halogens is 2. The molecule has 3 aromatic heterocycles. The van der Waals surface area contributed by atoms with E-state index in [4.69, 9.17) is 0 Å². The minimum absolute atomic E-state index is 0.0451. The third-order valence-electron chi connectivity index (χ3n) is 14.0. The molecule has 2 amide bonds. The summed E-state index contributed by atoms with van der Waals surface area (Å²) in [6.45, 7) is 9.71. The molecule has 368 valence electrons. The molecule has 0 saturated heterocycles. The average molecular weight is 1080 g/mol. The molecule has 1 atom stereocenters. The summed E-state index contributed by atoms with van der Waals surface area (Å²) >= 11 is 13.0. The van der Waals surface area contributed by atoms with Gasteiger partial charge in [0.05, 0.1) is 28.5 Å².